The molecular weight excluding hydrogens is 295 g/mol. The molecule has 0 radical (unpaired) electrons. The van der Waals surface area contributed by atoms with E-state index in [9.17, 15) is 18.7 Å². The SMILES string of the molecule is N#Cc1cc(CS(=O)c2ccccc2[N+](=O)[O-])ccc1F. The third kappa shape index (κ3) is 3.30. The van der Waals surface area contributed by atoms with Crippen LogP contribution in [0.5, 0.6) is 0 Å². The van der Waals surface area contributed by atoms with Gasteiger partial charge in [-0.2, -0.15) is 5.26 Å². The number of nitrogens with zero attached hydrogens (tertiary/aromatic N) is 2. The van der Waals surface area contributed by atoms with E-state index in [1.165, 1.54) is 30.3 Å². The first-order valence-corrected chi connectivity index (χ1v) is 7.15. The highest BCUT2D eigenvalue weighted by Gasteiger charge is 2.18. The molecule has 0 aliphatic heterocycles. The summed E-state index contributed by atoms with van der Waals surface area (Å²) in [6.45, 7) is 0. The molecule has 0 amide bonds. The van der Waals surface area contributed by atoms with Crippen LogP contribution in [-0.4, -0.2) is 9.13 Å². The van der Waals surface area contributed by atoms with E-state index in [0.717, 1.165) is 6.07 Å². The number of benzene rings is 2. The second kappa shape index (κ2) is 6.24. The van der Waals surface area contributed by atoms with Crippen LogP contribution in [0.1, 0.15) is 11.1 Å². The summed E-state index contributed by atoms with van der Waals surface area (Å²) in [5.41, 5.74) is 0.106. The maximum Gasteiger partial charge on any atom is 0.285 e. The molecule has 106 valence electrons. The predicted octanol–water partition coefficient (Wildman–Crippen LogP) is 2.91. The van der Waals surface area contributed by atoms with Gasteiger partial charge in [0.05, 0.1) is 27.0 Å². The standard InChI is InChI=1S/C14H9FN2O3S/c15-12-6-5-10(7-11(12)8-16)9-21(20)14-4-2-1-3-13(14)17(18)19/h1-7H,9H2. The highest BCUT2D eigenvalue weighted by Crippen LogP contribution is 2.24. The van der Waals surface area contributed by atoms with Gasteiger partial charge in [0.2, 0.25) is 0 Å². The van der Waals surface area contributed by atoms with E-state index in [4.69, 9.17) is 5.26 Å². The van der Waals surface area contributed by atoms with Crippen LogP contribution in [0.25, 0.3) is 0 Å². The van der Waals surface area contributed by atoms with Gasteiger partial charge in [-0.3, -0.25) is 14.3 Å². The highest BCUT2D eigenvalue weighted by molar-refractivity contribution is 7.84. The van der Waals surface area contributed by atoms with Crippen LogP contribution in [0.4, 0.5) is 10.1 Å². The van der Waals surface area contributed by atoms with E-state index in [1.54, 1.807) is 12.1 Å². The molecule has 2 rings (SSSR count). The first-order valence-electron chi connectivity index (χ1n) is 5.83. The molecule has 2 aromatic rings. The van der Waals surface area contributed by atoms with Crippen LogP contribution in [-0.2, 0) is 16.6 Å². The zero-order chi connectivity index (χ0) is 15.4. The molecular formula is C14H9FN2O3S. The zero-order valence-corrected chi connectivity index (χ0v) is 11.5. The zero-order valence-electron chi connectivity index (χ0n) is 10.7. The van der Waals surface area contributed by atoms with Crippen LogP contribution in [0.3, 0.4) is 0 Å². The molecule has 0 aromatic heterocycles. The molecule has 1 unspecified atom stereocenters. The Labute approximate surface area is 122 Å². The van der Waals surface area contributed by atoms with Gasteiger partial charge in [0.15, 0.2) is 0 Å². The van der Waals surface area contributed by atoms with E-state index in [1.807, 2.05) is 0 Å². The summed E-state index contributed by atoms with van der Waals surface area (Å²) in [6, 6.07) is 11.3. The number of halogens is 1. The minimum Gasteiger partial charge on any atom is -0.258 e. The van der Waals surface area contributed by atoms with Crippen molar-refractivity contribution in [2.24, 2.45) is 0 Å². The molecule has 1 atom stereocenters. The van der Waals surface area contributed by atoms with E-state index < -0.39 is 21.5 Å². The largest absolute Gasteiger partial charge is 0.285 e. The topological polar surface area (TPSA) is 84.0 Å². The molecule has 0 aliphatic carbocycles. The summed E-state index contributed by atoms with van der Waals surface area (Å²) in [7, 11) is -1.66. The van der Waals surface area contributed by atoms with Crippen molar-refractivity contribution < 1.29 is 13.5 Å². The predicted molar refractivity (Wildman–Crippen MR) is 74.3 cm³/mol. The van der Waals surface area contributed by atoms with Gasteiger partial charge in [0, 0.05) is 6.07 Å². The monoisotopic (exact) mass is 304 g/mol. The summed E-state index contributed by atoms with van der Waals surface area (Å²) in [4.78, 5) is 10.4. The third-order valence-electron chi connectivity index (χ3n) is 2.76. The van der Waals surface area contributed by atoms with Crippen molar-refractivity contribution in [2.45, 2.75) is 10.6 Å². The molecule has 0 aliphatic rings. The summed E-state index contributed by atoms with van der Waals surface area (Å²) in [5, 5.41) is 19.7. The molecule has 0 heterocycles. The van der Waals surface area contributed by atoms with Crippen LogP contribution in [0.2, 0.25) is 0 Å². The number of nitro groups is 1. The van der Waals surface area contributed by atoms with Gasteiger partial charge >= 0.3 is 0 Å². The molecule has 0 N–H and O–H groups in total. The fraction of sp³-hybridized carbons (Fsp3) is 0.0714. The lowest BCUT2D eigenvalue weighted by Crippen LogP contribution is -2.01. The molecule has 0 saturated heterocycles. The quantitative estimate of drug-likeness (QED) is 0.642. The summed E-state index contributed by atoms with van der Waals surface area (Å²) >= 11 is 0. The van der Waals surface area contributed by atoms with E-state index in [0.29, 0.717) is 5.56 Å². The number of para-hydroxylation sites is 1. The van der Waals surface area contributed by atoms with Crippen LogP contribution in [0, 0.1) is 27.3 Å². The lowest BCUT2D eigenvalue weighted by atomic mass is 10.1. The maximum absolute atomic E-state index is 13.2. The third-order valence-corrected chi connectivity index (χ3v) is 4.19. The van der Waals surface area contributed by atoms with Gasteiger partial charge < -0.3 is 0 Å². The fourth-order valence-electron chi connectivity index (χ4n) is 1.78. The number of hydrogen-bond donors (Lipinski definition) is 0. The highest BCUT2D eigenvalue weighted by atomic mass is 32.2. The molecule has 0 saturated carbocycles. The maximum atomic E-state index is 13.2. The number of nitriles is 1. The van der Waals surface area contributed by atoms with E-state index >= 15 is 0 Å². The van der Waals surface area contributed by atoms with Gasteiger partial charge in [-0.15, -0.1) is 0 Å². The Bertz CT molecular complexity index is 771. The van der Waals surface area contributed by atoms with E-state index in [2.05, 4.69) is 0 Å². The Morgan fingerprint density at radius 1 is 1.29 bits per heavy atom. The Kier molecular flexibility index (Phi) is 4.40. The first kappa shape index (κ1) is 14.8. The van der Waals surface area contributed by atoms with Gasteiger partial charge in [-0.25, -0.2) is 4.39 Å². The van der Waals surface area contributed by atoms with Crippen molar-refractivity contribution in [1.82, 2.24) is 0 Å². The average molecular weight is 304 g/mol. The van der Waals surface area contributed by atoms with Crippen LogP contribution >= 0.6 is 0 Å². The number of hydrogen-bond acceptors (Lipinski definition) is 4. The Morgan fingerprint density at radius 2 is 2.00 bits per heavy atom. The molecule has 7 heteroatoms. The summed E-state index contributed by atoms with van der Waals surface area (Å²) < 4.78 is 25.5. The lowest BCUT2D eigenvalue weighted by Gasteiger charge is -2.04. The second-order valence-corrected chi connectivity index (χ2v) is 5.56. The van der Waals surface area contributed by atoms with Crippen molar-refractivity contribution in [3.05, 3.63) is 69.5 Å². The second-order valence-electron chi connectivity index (χ2n) is 4.14. The van der Waals surface area contributed by atoms with Crippen molar-refractivity contribution in [3.63, 3.8) is 0 Å². The van der Waals surface area contributed by atoms with Crippen LogP contribution in [0.15, 0.2) is 47.4 Å². The normalized spacial score (nSPS) is 11.6. The van der Waals surface area contributed by atoms with Crippen molar-refractivity contribution in [3.8, 4) is 6.07 Å². The molecule has 2 aromatic carbocycles. The Hall–Kier alpha value is -2.59. The lowest BCUT2D eigenvalue weighted by molar-refractivity contribution is -0.387. The van der Waals surface area contributed by atoms with Gasteiger partial charge in [-0.1, -0.05) is 18.2 Å². The molecule has 0 spiro atoms. The van der Waals surface area contributed by atoms with Crippen molar-refractivity contribution >= 4 is 16.5 Å². The first-order chi connectivity index (χ1) is 10.0. The molecule has 0 bridgehead atoms. The molecule has 5 nitrogen and oxygen atoms in total. The number of rotatable bonds is 4. The molecule has 21 heavy (non-hydrogen) atoms. The minimum absolute atomic E-state index is 0.0280. The van der Waals surface area contributed by atoms with Crippen molar-refractivity contribution in [1.29, 1.82) is 5.26 Å². The average Bonchev–Trinajstić information content (AvgIpc) is 2.49. The molecule has 0 fully saturated rings. The number of nitro benzene ring substituents is 1. The van der Waals surface area contributed by atoms with Crippen LogP contribution < -0.4 is 0 Å². The van der Waals surface area contributed by atoms with Gasteiger partial charge in [0.25, 0.3) is 5.69 Å². The van der Waals surface area contributed by atoms with Gasteiger partial charge in [0.1, 0.15) is 16.8 Å². The Balaban J connectivity index is 2.31. The van der Waals surface area contributed by atoms with Crippen molar-refractivity contribution in [2.75, 3.05) is 0 Å². The summed E-state index contributed by atoms with van der Waals surface area (Å²) in [6.07, 6.45) is 0. The van der Waals surface area contributed by atoms with Gasteiger partial charge in [-0.05, 0) is 23.8 Å². The fourth-order valence-corrected chi connectivity index (χ4v) is 3.02. The Morgan fingerprint density at radius 3 is 2.67 bits per heavy atom. The smallest absolute Gasteiger partial charge is 0.258 e. The van der Waals surface area contributed by atoms with E-state index in [-0.39, 0.29) is 21.9 Å². The minimum atomic E-state index is -1.66. The summed E-state index contributed by atoms with van der Waals surface area (Å²) in [5.74, 6) is -0.683.